The molecule has 1 aromatic rings. The molecule has 2 N–H and O–H groups in total. The van der Waals surface area contributed by atoms with Gasteiger partial charge in [0, 0.05) is 0 Å². The molecule has 0 heterocycles. The number of ether oxygens (including phenoxy) is 1. The minimum atomic E-state index is -0.271. The first-order valence-electron chi connectivity index (χ1n) is 6.27. The van der Waals surface area contributed by atoms with Crippen molar-refractivity contribution in [3.63, 3.8) is 0 Å². The topological polar surface area (TPSA) is 35.2 Å². The highest BCUT2D eigenvalue weighted by Gasteiger charge is 2.30. The molecule has 0 aromatic heterocycles. The standard InChI is InChI=1S/C14H20FNO/c1-17-14-5-2-10(9-13(14)15)8-12(6-7-16)11-3-4-11/h2,5,9,11-12H,3-4,6-8,16H2,1H3. The summed E-state index contributed by atoms with van der Waals surface area (Å²) in [6.07, 6.45) is 4.59. The molecule has 1 aromatic carbocycles. The lowest BCUT2D eigenvalue weighted by atomic mass is 9.92. The van der Waals surface area contributed by atoms with Crippen LogP contribution in [0.15, 0.2) is 18.2 Å². The maximum absolute atomic E-state index is 13.6. The molecule has 1 saturated carbocycles. The minimum absolute atomic E-state index is 0.271. The molecule has 1 fully saturated rings. The van der Waals surface area contributed by atoms with Gasteiger partial charge >= 0.3 is 0 Å². The van der Waals surface area contributed by atoms with Crippen LogP contribution in [-0.4, -0.2) is 13.7 Å². The summed E-state index contributed by atoms with van der Waals surface area (Å²) in [7, 11) is 1.49. The van der Waals surface area contributed by atoms with Crippen LogP contribution in [0.25, 0.3) is 0 Å². The Labute approximate surface area is 102 Å². The van der Waals surface area contributed by atoms with Crippen molar-refractivity contribution in [3.05, 3.63) is 29.6 Å². The highest BCUT2D eigenvalue weighted by atomic mass is 19.1. The van der Waals surface area contributed by atoms with Gasteiger partial charge in [0.2, 0.25) is 0 Å². The number of benzene rings is 1. The number of methoxy groups -OCH3 is 1. The van der Waals surface area contributed by atoms with Crippen molar-refractivity contribution in [2.24, 2.45) is 17.6 Å². The van der Waals surface area contributed by atoms with Gasteiger partial charge in [-0.1, -0.05) is 6.07 Å². The van der Waals surface area contributed by atoms with E-state index in [1.54, 1.807) is 12.1 Å². The third-order valence-corrected chi connectivity index (χ3v) is 3.54. The Bertz CT molecular complexity index is 376. The minimum Gasteiger partial charge on any atom is -0.494 e. The lowest BCUT2D eigenvalue weighted by molar-refractivity contribution is 0.384. The lowest BCUT2D eigenvalue weighted by Crippen LogP contribution is -2.13. The largest absolute Gasteiger partial charge is 0.494 e. The van der Waals surface area contributed by atoms with Crippen LogP contribution < -0.4 is 10.5 Å². The summed E-state index contributed by atoms with van der Waals surface area (Å²) in [4.78, 5) is 0. The van der Waals surface area contributed by atoms with Crippen molar-refractivity contribution < 1.29 is 9.13 Å². The molecule has 0 saturated heterocycles. The average Bonchev–Trinajstić information content (AvgIpc) is 3.12. The van der Waals surface area contributed by atoms with E-state index in [0.717, 1.165) is 30.9 Å². The zero-order chi connectivity index (χ0) is 12.3. The van der Waals surface area contributed by atoms with Crippen LogP contribution in [0.5, 0.6) is 5.75 Å². The zero-order valence-corrected chi connectivity index (χ0v) is 10.3. The average molecular weight is 237 g/mol. The summed E-state index contributed by atoms with van der Waals surface area (Å²) in [6.45, 7) is 0.722. The van der Waals surface area contributed by atoms with Crippen LogP contribution in [0.3, 0.4) is 0 Å². The summed E-state index contributed by atoms with van der Waals surface area (Å²) in [5.74, 6) is 1.47. The number of nitrogens with two attached hydrogens (primary N) is 1. The summed E-state index contributed by atoms with van der Waals surface area (Å²) < 4.78 is 18.5. The molecule has 1 unspecified atom stereocenters. The molecule has 1 aliphatic rings. The van der Waals surface area contributed by atoms with Gasteiger partial charge in [0.15, 0.2) is 11.6 Å². The molecule has 1 atom stereocenters. The highest BCUT2D eigenvalue weighted by molar-refractivity contribution is 5.29. The molecular formula is C14H20FNO. The first-order valence-corrected chi connectivity index (χ1v) is 6.27. The first kappa shape index (κ1) is 12.4. The molecule has 0 amide bonds. The molecule has 0 bridgehead atoms. The molecule has 0 spiro atoms. The third-order valence-electron chi connectivity index (χ3n) is 3.54. The second-order valence-corrected chi connectivity index (χ2v) is 4.85. The zero-order valence-electron chi connectivity index (χ0n) is 10.3. The third kappa shape index (κ3) is 3.19. The Hall–Kier alpha value is -1.09. The summed E-state index contributed by atoms with van der Waals surface area (Å²) >= 11 is 0. The summed E-state index contributed by atoms with van der Waals surface area (Å²) in [5, 5.41) is 0. The van der Waals surface area contributed by atoms with E-state index >= 15 is 0 Å². The van der Waals surface area contributed by atoms with Crippen LogP contribution >= 0.6 is 0 Å². The monoisotopic (exact) mass is 237 g/mol. The van der Waals surface area contributed by atoms with Crippen molar-refractivity contribution in [1.29, 1.82) is 0 Å². The normalized spacial score (nSPS) is 16.9. The van der Waals surface area contributed by atoms with Crippen molar-refractivity contribution >= 4 is 0 Å². The van der Waals surface area contributed by atoms with Crippen LogP contribution in [0.2, 0.25) is 0 Å². The molecule has 2 rings (SSSR count). The van der Waals surface area contributed by atoms with E-state index in [2.05, 4.69) is 0 Å². The van der Waals surface area contributed by atoms with E-state index in [0.29, 0.717) is 11.7 Å². The maximum Gasteiger partial charge on any atom is 0.165 e. The fourth-order valence-corrected chi connectivity index (χ4v) is 2.43. The molecule has 0 radical (unpaired) electrons. The molecule has 3 heteroatoms. The Morgan fingerprint density at radius 1 is 1.47 bits per heavy atom. The quantitative estimate of drug-likeness (QED) is 0.825. The smallest absolute Gasteiger partial charge is 0.165 e. The van der Waals surface area contributed by atoms with Gasteiger partial charge in [-0.15, -0.1) is 0 Å². The molecule has 94 valence electrons. The fraction of sp³-hybridized carbons (Fsp3) is 0.571. The van der Waals surface area contributed by atoms with Gasteiger partial charge in [0.25, 0.3) is 0 Å². The van der Waals surface area contributed by atoms with Crippen LogP contribution in [0.1, 0.15) is 24.8 Å². The maximum atomic E-state index is 13.6. The number of hydrogen-bond acceptors (Lipinski definition) is 2. The van der Waals surface area contributed by atoms with Crippen LogP contribution in [0.4, 0.5) is 4.39 Å². The van der Waals surface area contributed by atoms with Gasteiger partial charge in [-0.25, -0.2) is 4.39 Å². The van der Waals surface area contributed by atoms with Gasteiger partial charge in [0.1, 0.15) is 0 Å². The van der Waals surface area contributed by atoms with E-state index in [1.165, 1.54) is 20.0 Å². The Balaban J connectivity index is 2.03. The van der Waals surface area contributed by atoms with E-state index in [4.69, 9.17) is 10.5 Å². The van der Waals surface area contributed by atoms with Gasteiger partial charge in [-0.3, -0.25) is 0 Å². The summed E-state index contributed by atoms with van der Waals surface area (Å²) in [5.41, 5.74) is 6.68. The van der Waals surface area contributed by atoms with Gasteiger partial charge in [-0.2, -0.15) is 0 Å². The number of halogens is 1. The number of hydrogen-bond donors (Lipinski definition) is 1. The van der Waals surface area contributed by atoms with Gasteiger partial charge in [0.05, 0.1) is 7.11 Å². The van der Waals surface area contributed by atoms with Crippen LogP contribution in [0, 0.1) is 17.7 Å². The molecule has 2 nitrogen and oxygen atoms in total. The van der Waals surface area contributed by atoms with Gasteiger partial charge in [-0.05, 0) is 61.8 Å². The SMILES string of the molecule is COc1ccc(CC(CCN)C2CC2)cc1F. The Morgan fingerprint density at radius 3 is 2.76 bits per heavy atom. The Morgan fingerprint density at radius 2 is 2.24 bits per heavy atom. The predicted octanol–water partition coefficient (Wildman–Crippen LogP) is 2.75. The van der Waals surface area contributed by atoms with Crippen molar-refractivity contribution in [3.8, 4) is 5.75 Å². The van der Waals surface area contributed by atoms with E-state index < -0.39 is 0 Å². The lowest BCUT2D eigenvalue weighted by Gasteiger charge is -2.15. The fourth-order valence-electron chi connectivity index (χ4n) is 2.43. The predicted molar refractivity (Wildman–Crippen MR) is 66.5 cm³/mol. The van der Waals surface area contributed by atoms with Crippen molar-refractivity contribution in [1.82, 2.24) is 0 Å². The van der Waals surface area contributed by atoms with Gasteiger partial charge < -0.3 is 10.5 Å². The first-order chi connectivity index (χ1) is 8.24. The van der Waals surface area contributed by atoms with Crippen LogP contribution in [-0.2, 0) is 6.42 Å². The second-order valence-electron chi connectivity index (χ2n) is 4.85. The molecular weight excluding hydrogens is 217 g/mol. The van der Waals surface area contributed by atoms with E-state index in [-0.39, 0.29) is 5.82 Å². The molecule has 1 aliphatic carbocycles. The van der Waals surface area contributed by atoms with Crippen molar-refractivity contribution in [2.75, 3.05) is 13.7 Å². The van der Waals surface area contributed by atoms with E-state index in [1.807, 2.05) is 6.07 Å². The highest BCUT2D eigenvalue weighted by Crippen LogP contribution is 2.40. The Kier molecular flexibility index (Phi) is 4.00. The summed E-state index contributed by atoms with van der Waals surface area (Å²) in [6, 6.07) is 5.25. The van der Waals surface area contributed by atoms with E-state index in [9.17, 15) is 4.39 Å². The number of rotatable bonds is 6. The second kappa shape index (κ2) is 5.50. The molecule has 17 heavy (non-hydrogen) atoms. The molecule has 0 aliphatic heterocycles. The van der Waals surface area contributed by atoms with Crippen molar-refractivity contribution in [2.45, 2.75) is 25.7 Å².